The molecular weight excluding hydrogens is 440 g/mol. The first-order valence-electron chi connectivity index (χ1n) is 15.7. The molecule has 1 aromatic rings. The van der Waals surface area contributed by atoms with E-state index in [4.69, 9.17) is 4.74 Å². The average Bonchev–Trinajstić information content (AvgIpc) is 2.84. The van der Waals surface area contributed by atoms with Crippen LogP contribution in [0.1, 0.15) is 161 Å². The fraction of sp³-hybridized carbons (Fsp3) is 0.794. The number of hydrogen-bond acceptors (Lipinski definition) is 2. The van der Waals surface area contributed by atoms with Gasteiger partial charge in [0, 0.05) is 0 Å². The highest BCUT2D eigenvalue weighted by Crippen LogP contribution is 2.26. The van der Waals surface area contributed by atoms with Gasteiger partial charge in [0.15, 0.2) is 0 Å². The molecule has 0 fully saturated rings. The van der Waals surface area contributed by atoms with Gasteiger partial charge in [-0.15, -0.1) is 0 Å². The molecule has 0 bridgehead atoms. The molecule has 0 aliphatic heterocycles. The Kier molecular flexibility index (Phi) is 19.8. The quantitative estimate of drug-likeness (QED) is 0.110. The van der Waals surface area contributed by atoms with E-state index in [9.17, 15) is 4.79 Å². The van der Waals surface area contributed by atoms with Crippen LogP contribution >= 0.6 is 0 Å². The summed E-state index contributed by atoms with van der Waals surface area (Å²) in [4.78, 5) is 12.3. The first kappa shape index (κ1) is 32.7. The average molecular weight is 501 g/mol. The summed E-state index contributed by atoms with van der Waals surface area (Å²) in [5, 5.41) is 0. The number of carbonyl (C=O) groups excluding carboxylic acids is 1. The van der Waals surface area contributed by atoms with Crippen LogP contribution < -0.4 is 0 Å². The number of unbranched alkanes of at least 4 members (excludes halogenated alkanes) is 13. The van der Waals surface area contributed by atoms with Crippen LogP contribution in [0.2, 0.25) is 0 Å². The SMILES string of the molecule is CCCCCCCCCCCCCCCC[C@H](C)C[C@H](C)C[C@H](C)C[C@@H](C)OC(=O)c1ccccc1. The third kappa shape index (κ3) is 18.0. The van der Waals surface area contributed by atoms with E-state index < -0.39 is 0 Å². The molecule has 36 heavy (non-hydrogen) atoms. The number of hydrogen-bond donors (Lipinski definition) is 0. The van der Waals surface area contributed by atoms with Crippen molar-refractivity contribution < 1.29 is 9.53 Å². The third-order valence-electron chi connectivity index (χ3n) is 7.71. The van der Waals surface area contributed by atoms with E-state index in [1.807, 2.05) is 37.3 Å². The van der Waals surface area contributed by atoms with Gasteiger partial charge >= 0.3 is 5.97 Å². The lowest BCUT2D eigenvalue weighted by Gasteiger charge is -2.23. The van der Waals surface area contributed by atoms with Gasteiger partial charge in [-0.3, -0.25) is 0 Å². The Bertz CT molecular complexity index is 625. The van der Waals surface area contributed by atoms with Crippen LogP contribution in [-0.2, 0) is 4.74 Å². The molecule has 2 nitrogen and oxygen atoms in total. The van der Waals surface area contributed by atoms with Gasteiger partial charge in [0.05, 0.1) is 11.7 Å². The number of rotatable bonds is 23. The summed E-state index contributed by atoms with van der Waals surface area (Å²) in [5.74, 6) is 1.92. The van der Waals surface area contributed by atoms with E-state index >= 15 is 0 Å². The summed E-state index contributed by atoms with van der Waals surface area (Å²) < 4.78 is 5.66. The van der Waals surface area contributed by atoms with Crippen LogP contribution in [0.3, 0.4) is 0 Å². The van der Waals surface area contributed by atoms with Gasteiger partial charge in [-0.05, 0) is 56.1 Å². The zero-order valence-electron chi connectivity index (χ0n) is 24.7. The monoisotopic (exact) mass is 500 g/mol. The fourth-order valence-electron chi connectivity index (χ4n) is 5.81. The highest BCUT2D eigenvalue weighted by Gasteiger charge is 2.17. The van der Waals surface area contributed by atoms with Gasteiger partial charge in [0.1, 0.15) is 0 Å². The maximum Gasteiger partial charge on any atom is 0.338 e. The molecule has 0 heterocycles. The zero-order chi connectivity index (χ0) is 26.4. The molecular formula is C34H60O2. The van der Waals surface area contributed by atoms with Crippen LogP contribution in [-0.4, -0.2) is 12.1 Å². The molecule has 1 rings (SSSR count). The predicted octanol–water partition coefficient (Wildman–Crippen LogP) is 11.2. The zero-order valence-corrected chi connectivity index (χ0v) is 24.7. The van der Waals surface area contributed by atoms with Crippen molar-refractivity contribution in [2.24, 2.45) is 17.8 Å². The molecule has 0 saturated carbocycles. The summed E-state index contributed by atoms with van der Waals surface area (Å²) in [6.45, 7) is 11.5. The third-order valence-corrected chi connectivity index (χ3v) is 7.71. The fourth-order valence-corrected chi connectivity index (χ4v) is 5.81. The van der Waals surface area contributed by atoms with E-state index in [-0.39, 0.29) is 12.1 Å². The van der Waals surface area contributed by atoms with Gasteiger partial charge in [0.25, 0.3) is 0 Å². The molecule has 0 aliphatic rings. The lowest BCUT2D eigenvalue weighted by atomic mass is 9.85. The summed E-state index contributed by atoms with van der Waals surface area (Å²) in [6, 6.07) is 9.32. The predicted molar refractivity (Wildman–Crippen MR) is 158 cm³/mol. The second-order valence-corrected chi connectivity index (χ2v) is 12.0. The van der Waals surface area contributed by atoms with E-state index in [1.54, 1.807) is 0 Å². The highest BCUT2D eigenvalue weighted by atomic mass is 16.5. The highest BCUT2D eigenvalue weighted by molar-refractivity contribution is 5.89. The van der Waals surface area contributed by atoms with E-state index in [0.29, 0.717) is 11.5 Å². The van der Waals surface area contributed by atoms with Crippen LogP contribution in [0.15, 0.2) is 30.3 Å². The van der Waals surface area contributed by atoms with Crippen molar-refractivity contribution in [1.29, 1.82) is 0 Å². The molecule has 0 aromatic heterocycles. The number of ether oxygens (including phenoxy) is 1. The molecule has 0 radical (unpaired) electrons. The molecule has 0 saturated heterocycles. The lowest BCUT2D eigenvalue weighted by Crippen LogP contribution is -2.19. The van der Waals surface area contributed by atoms with Gasteiger partial charge in [-0.2, -0.15) is 0 Å². The van der Waals surface area contributed by atoms with E-state index in [1.165, 1.54) is 109 Å². The van der Waals surface area contributed by atoms with Crippen molar-refractivity contribution >= 4 is 5.97 Å². The second-order valence-electron chi connectivity index (χ2n) is 12.0. The Labute approximate surface area is 225 Å². The Balaban J connectivity index is 1.98. The summed E-state index contributed by atoms with van der Waals surface area (Å²) >= 11 is 0. The van der Waals surface area contributed by atoms with Crippen molar-refractivity contribution in [1.82, 2.24) is 0 Å². The van der Waals surface area contributed by atoms with Crippen LogP contribution in [0.4, 0.5) is 0 Å². The molecule has 0 spiro atoms. The minimum Gasteiger partial charge on any atom is -0.459 e. The molecule has 2 heteroatoms. The lowest BCUT2D eigenvalue weighted by molar-refractivity contribution is 0.0286. The Morgan fingerprint density at radius 2 is 1.06 bits per heavy atom. The van der Waals surface area contributed by atoms with Crippen molar-refractivity contribution in [3.8, 4) is 0 Å². The summed E-state index contributed by atoms with van der Waals surface area (Å²) in [6.07, 6.45) is 24.9. The molecule has 0 N–H and O–H groups in total. The largest absolute Gasteiger partial charge is 0.459 e. The van der Waals surface area contributed by atoms with Crippen LogP contribution in [0.25, 0.3) is 0 Å². The molecule has 208 valence electrons. The topological polar surface area (TPSA) is 26.3 Å². The minimum atomic E-state index is -0.204. The van der Waals surface area contributed by atoms with Crippen LogP contribution in [0, 0.1) is 17.8 Å². The normalized spacial score (nSPS) is 14.8. The molecule has 4 atom stereocenters. The van der Waals surface area contributed by atoms with Crippen LogP contribution in [0.5, 0.6) is 0 Å². The number of benzene rings is 1. The smallest absolute Gasteiger partial charge is 0.338 e. The summed E-state index contributed by atoms with van der Waals surface area (Å²) in [7, 11) is 0. The first-order chi connectivity index (χ1) is 17.4. The molecule has 1 aromatic carbocycles. The maximum atomic E-state index is 12.3. The van der Waals surface area contributed by atoms with Gasteiger partial charge in [-0.25, -0.2) is 4.79 Å². The molecule has 0 unspecified atom stereocenters. The van der Waals surface area contributed by atoms with Crippen molar-refractivity contribution in [2.45, 2.75) is 156 Å². The van der Waals surface area contributed by atoms with Gasteiger partial charge in [0.2, 0.25) is 0 Å². The second kappa shape index (κ2) is 21.7. The van der Waals surface area contributed by atoms with E-state index in [2.05, 4.69) is 27.7 Å². The standard InChI is InChI=1S/C34H60O2/c1-6-7-8-9-10-11-12-13-14-15-16-17-18-20-23-29(2)26-30(3)27-31(4)28-32(5)36-34(35)33-24-21-19-22-25-33/h19,21-22,24-25,29-32H,6-18,20,23,26-28H2,1-5H3/t29-,30-,31-,32+/m0/s1. The van der Waals surface area contributed by atoms with Gasteiger partial charge < -0.3 is 4.74 Å². The first-order valence-corrected chi connectivity index (χ1v) is 15.7. The number of carbonyl (C=O) groups is 1. The van der Waals surface area contributed by atoms with Gasteiger partial charge in [-0.1, -0.05) is 142 Å². The Morgan fingerprint density at radius 1 is 0.611 bits per heavy atom. The molecule has 0 aliphatic carbocycles. The molecule has 0 amide bonds. The number of esters is 1. The Hall–Kier alpha value is -1.31. The van der Waals surface area contributed by atoms with Crippen molar-refractivity contribution in [3.63, 3.8) is 0 Å². The van der Waals surface area contributed by atoms with Crippen molar-refractivity contribution in [3.05, 3.63) is 35.9 Å². The minimum absolute atomic E-state index is 0.0344. The van der Waals surface area contributed by atoms with Crippen molar-refractivity contribution in [2.75, 3.05) is 0 Å². The van der Waals surface area contributed by atoms with E-state index in [0.717, 1.165) is 18.3 Å². The maximum absolute atomic E-state index is 12.3. The Morgan fingerprint density at radius 3 is 1.58 bits per heavy atom. The summed E-state index contributed by atoms with van der Waals surface area (Å²) in [5.41, 5.74) is 0.641.